The molecule has 0 aromatic carbocycles. The summed E-state index contributed by atoms with van der Waals surface area (Å²) in [6.07, 6.45) is 7.64. The highest BCUT2D eigenvalue weighted by molar-refractivity contribution is 5.74. The van der Waals surface area contributed by atoms with Crippen molar-refractivity contribution in [2.75, 3.05) is 11.9 Å². The minimum Gasteiger partial charge on any atom is -0.367 e. The lowest BCUT2D eigenvalue weighted by Gasteiger charge is -2.36. The molecule has 0 spiro atoms. The second-order valence-corrected chi connectivity index (χ2v) is 5.58. The molecule has 1 unspecified atom stereocenters. The van der Waals surface area contributed by atoms with E-state index in [0.717, 1.165) is 25.2 Å². The second kappa shape index (κ2) is 5.19. The summed E-state index contributed by atoms with van der Waals surface area (Å²) in [6, 6.07) is 4.87. The number of nitrogens with one attached hydrogen (secondary N) is 1. The summed E-state index contributed by atoms with van der Waals surface area (Å²) in [5.41, 5.74) is 1.18. The maximum absolute atomic E-state index is 11.8. The van der Waals surface area contributed by atoms with Gasteiger partial charge in [-0.2, -0.15) is 0 Å². The fraction of sp³-hybridized carbons (Fsp3) is 0.600. The first-order valence-electron chi connectivity index (χ1n) is 7.24. The topological polar surface area (TPSA) is 45.2 Å². The van der Waals surface area contributed by atoms with Gasteiger partial charge in [-0.3, -0.25) is 4.79 Å². The average Bonchev–Trinajstić information content (AvgIpc) is 3.23. The Labute approximate surface area is 114 Å². The summed E-state index contributed by atoms with van der Waals surface area (Å²) in [5.74, 6) is 1.15. The van der Waals surface area contributed by atoms with Gasteiger partial charge in [0.1, 0.15) is 5.82 Å². The number of piperidine rings is 1. The van der Waals surface area contributed by atoms with Crippen LogP contribution in [0.5, 0.6) is 0 Å². The van der Waals surface area contributed by atoms with Crippen LogP contribution in [0.2, 0.25) is 0 Å². The molecule has 4 heteroatoms. The number of carbonyl (C=O) groups excluding carboxylic acids is 1. The molecule has 1 N–H and O–H groups in total. The summed E-state index contributed by atoms with van der Waals surface area (Å²) >= 11 is 0. The van der Waals surface area contributed by atoms with Gasteiger partial charge in [0.05, 0.1) is 6.04 Å². The average molecular weight is 259 g/mol. The van der Waals surface area contributed by atoms with E-state index in [-0.39, 0.29) is 11.9 Å². The van der Waals surface area contributed by atoms with Crippen LogP contribution < -0.4 is 5.32 Å². The zero-order valence-corrected chi connectivity index (χ0v) is 11.4. The molecular weight excluding hydrogens is 238 g/mol. The molecule has 1 aromatic rings. The lowest BCUT2D eigenvalue weighted by Crippen LogP contribution is -2.37. The van der Waals surface area contributed by atoms with Crippen molar-refractivity contribution in [3.05, 3.63) is 23.9 Å². The standard InChI is InChI=1S/C15H21N3O/c1-11(19)18-10-3-2-6-14(18)13-5-4-9-16-15(13)17-12-7-8-12/h4-5,9,12,14H,2-3,6-8,10H2,1H3,(H,16,17). The second-order valence-electron chi connectivity index (χ2n) is 5.58. The van der Waals surface area contributed by atoms with Crippen molar-refractivity contribution < 1.29 is 4.79 Å². The molecule has 102 valence electrons. The maximum atomic E-state index is 11.8. The van der Waals surface area contributed by atoms with E-state index in [9.17, 15) is 4.79 Å². The van der Waals surface area contributed by atoms with E-state index in [1.165, 1.54) is 24.8 Å². The highest BCUT2D eigenvalue weighted by Gasteiger charge is 2.29. The molecule has 2 fully saturated rings. The Hall–Kier alpha value is -1.58. The van der Waals surface area contributed by atoms with E-state index >= 15 is 0 Å². The molecule has 1 amide bonds. The number of anilines is 1. The number of nitrogens with zero attached hydrogens (tertiary/aromatic N) is 2. The van der Waals surface area contributed by atoms with Crippen LogP contribution in [0, 0.1) is 0 Å². The van der Waals surface area contributed by atoms with E-state index in [1.807, 2.05) is 17.2 Å². The number of aromatic nitrogens is 1. The van der Waals surface area contributed by atoms with Crippen LogP contribution in [0.25, 0.3) is 0 Å². The number of hydrogen-bond acceptors (Lipinski definition) is 3. The van der Waals surface area contributed by atoms with E-state index in [4.69, 9.17) is 0 Å². The fourth-order valence-corrected chi connectivity index (χ4v) is 2.86. The summed E-state index contributed by atoms with van der Waals surface area (Å²) < 4.78 is 0. The minimum atomic E-state index is 0.172. The molecule has 19 heavy (non-hydrogen) atoms. The third-order valence-corrected chi connectivity index (χ3v) is 4.02. The third-order valence-electron chi connectivity index (χ3n) is 4.02. The van der Waals surface area contributed by atoms with Crippen LogP contribution in [0.4, 0.5) is 5.82 Å². The third kappa shape index (κ3) is 2.72. The van der Waals surface area contributed by atoms with Crippen LogP contribution in [0.3, 0.4) is 0 Å². The van der Waals surface area contributed by atoms with E-state index in [0.29, 0.717) is 6.04 Å². The molecule has 2 aliphatic rings. The van der Waals surface area contributed by atoms with Crippen molar-refractivity contribution in [3.63, 3.8) is 0 Å². The van der Waals surface area contributed by atoms with E-state index < -0.39 is 0 Å². The van der Waals surface area contributed by atoms with Crippen molar-refractivity contribution in [2.45, 2.75) is 51.1 Å². The Morgan fingerprint density at radius 3 is 2.95 bits per heavy atom. The molecule has 1 aromatic heterocycles. The highest BCUT2D eigenvalue weighted by atomic mass is 16.2. The van der Waals surface area contributed by atoms with Crippen LogP contribution in [0.1, 0.15) is 50.6 Å². The largest absolute Gasteiger partial charge is 0.367 e. The number of hydrogen-bond donors (Lipinski definition) is 1. The Morgan fingerprint density at radius 2 is 2.21 bits per heavy atom. The normalized spacial score (nSPS) is 23.2. The molecule has 4 nitrogen and oxygen atoms in total. The first-order valence-corrected chi connectivity index (χ1v) is 7.24. The number of likely N-dealkylation sites (tertiary alicyclic amines) is 1. The van der Waals surface area contributed by atoms with E-state index in [1.54, 1.807) is 6.92 Å². The monoisotopic (exact) mass is 259 g/mol. The van der Waals surface area contributed by atoms with Gasteiger partial charge < -0.3 is 10.2 Å². The molecule has 1 saturated carbocycles. The maximum Gasteiger partial charge on any atom is 0.219 e. The number of pyridine rings is 1. The molecule has 1 aliphatic heterocycles. The SMILES string of the molecule is CC(=O)N1CCCCC1c1cccnc1NC1CC1. The van der Waals surface area contributed by atoms with Gasteiger partial charge in [-0.1, -0.05) is 6.07 Å². The molecule has 2 heterocycles. The summed E-state index contributed by atoms with van der Waals surface area (Å²) in [7, 11) is 0. The Balaban J connectivity index is 1.87. The van der Waals surface area contributed by atoms with Crippen molar-refractivity contribution in [3.8, 4) is 0 Å². The zero-order chi connectivity index (χ0) is 13.2. The van der Waals surface area contributed by atoms with Gasteiger partial charge in [0, 0.05) is 31.3 Å². The first-order chi connectivity index (χ1) is 9.25. The van der Waals surface area contributed by atoms with Gasteiger partial charge in [0.2, 0.25) is 5.91 Å². The fourth-order valence-electron chi connectivity index (χ4n) is 2.86. The van der Waals surface area contributed by atoms with Crippen LogP contribution in [-0.2, 0) is 4.79 Å². The molecular formula is C15H21N3O. The van der Waals surface area contributed by atoms with Crippen molar-refractivity contribution in [1.82, 2.24) is 9.88 Å². The van der Waals surface area contributed by atoms with Gasteiger partial charge in [0.15, 0.2) is 0 Å². The number of amides is 1. The quantitative estimate of drug-likeness (QED) is 0.907. The van der Waals surface area contributed by atoms with Gasteiger partial charge in [-0.25, -0.2) is 4.98 Å². The zero-order valence-electron chi connectivity index (χ0n) is 11.4. The molecule has 0 bridgehead atoms. The minimum absolute atomic E-state index is 0.172. The molecule has 0 radical (unpaired) electrons. The molecule has 1 atom stereocenters. The van der Waals surface area contributed by atoms with Gasteiger partial charge in [0.25, 0.3) is 0 Å². The molecule has 1 saturated heterocycles. The van der Waals surface area contributed by atoms with Crippen molar-refractivity contribution in [2.24, 2.45) is 0 Å². The Bertz CT molecular complexity index is 470. The predicted molar refractivity (Wildman–Crippen MR) is 74.9 cm³/mol. The molecule has 3 rings (SSSR count). The van der Waals surface area contributed by atoms with Crippen molar-refractivity contribution >= 4 is 11.7 Å². The number of rotatable bonds is 3. The van der Waals surface area contributed by atoms with Gasteiger partial charge in [-0.15, -0.1) is 0 Å². The van der Waals surface area contributed by atoms with Crippen LogP contribution in [-0.4, -0.2) is 28.4 Å². The number of carbonyl (C=O) groups is 1. The first kappa shape index (κ1) is 12.5. The van der Waals surface area contributed by atoms with Crippen LogP contribution in [0.15, 0.2) is 18.3 Å². The lowest BCUT2D eigenvalue weighted by molar-refractivity contribution is -0.132. The smallest absolute Gasteiger partial charge is 0.219 e. The van der Waals surface area contributed by atoms with Gasteiger partial charge >= 0.3 is 0 Å². The summed E-state index contributed by atoms with van der Waals surface area (Å²) in [5, 5.41) is 3.49. The van der Waals surface area contributed by atoms with E-state index in [2.05, 4.69) is 16.4 Å². The Kier molecular flexibility index (Phi) is 3.40. The lowest BCUT2D eigenvalue weighted by atomic mass is 9.95. The molecule has 1 aliphatic carbocycles. The van der Waals surface area contributed by atoms with Crippen molar-refractivity contribution in [1.29, 1.82) is 0 Å². The van der Waals surface area contributed by atoms with Gasteiger partial charge in [-0.05, 0) is 38.2 Å². The van der Waals surface area contributed by atoms with Crippen LogP contribution >= 0.6 is 0 Å². The highest BCUT2D eigenvalue weighted by Crippen LogP contribution is 2.35. The predicted octanol–water partition coefficient (Wildman–Crippen LogP) is 2.73. The Morgan fingerprint density at radius 1 is 1.37 bits per heavy atom. The summed E-state index contributed by atoms with van der Waals surface area (Å²) in [4.78, 5) is 18.3. The summed E-state index contributed by atoms with van der Waals surface area (Å²) in [6.45, 7) is 2.54.